The Labute approximate surface area is 134 Å². The van der Waals surface area contributed by atoms with Gasteiger partial charge in [0, 0.05) is 18.4 Å². The summed E-state index contributed by atoms with van der Waals surface area (Å²) >= 11 is 1.72. The average Bonchev–Trinajstić information content (AvgIpc) is 3.17. The Morgan fingerprint density at radius 1 is 1.14 bits per heavy atom. The Balaban J connectivity index is 1.77. The lowest BCUT2D eigenvalue weighted by Crippen LogP contribution is -2.00. The molecule has 3 rings (SSSR count). The van der Waals surface area contributed by atoms with E-state index in [9.17, 15) is 0 Å². The van der Waals surface area contributed by atoms with Gasteiger partial charge in [-0.05, 0) is 18.6 Å². The third-order valence-electron chi connectivity index (χ3n) is 3.70. The summed E-state index contributed by atoms with van der Waals surface area (Å²) in [6.45, 7) is 3.27. The second-order valence-corrected chi connectivity index (χ2v) is 6.32. The molecule has 0 spiro atoms. The highest BCUT2D eigenvalue weighted by atomic mass is 32.2. The number of unbranched alkanes of at least 4 members (excludes halogenated alkanes) is 3. The number of aromatic nitrogens is 3. The van der Waals surface area contributed by atoms with Gasteiger partial charge in [-0.2, -0.15) is 0 Å². The second kappa shape index (κ2) is 7.49. The van der Waals surface area contributed by atoms with Crippen molar-refractivity contribution in [2.45, 2.75) is 50.1 Å². The lowest BCUT2D eigenvalue weighted by atomic mass is 10.2. The van der Waals surface area contributed by atoms with Crippen LogP contribution in [-0.2, 0) is 12.3 Å². The van der Waals surface area contributed by atoms with Crippen LogP contribution >= 0.6 is 11.8 Å². The molecule has 1 aromatic carbocycles. The standard InChI is InChI=1S/C17H21N3OS/c1-2-3-4-7-11-20-16-9-6-5-8-15(16)18-17(20)22-13-14-10-12-21-19-14/h5-6,8-10,12H,2-4,7,11,13H2,1H3. The zero-order valence-electron chi connectivity index (χ0n) is 12.9. The summed E-state index contributed by atoms with van der Waals surface area (Å²) in [6.07, 6.45) is 6.65. The number of benzene rings is 1. The molecule has 0 aliphatic heterocycles. The Morgan fingerprint density at radius 3 is 2.86 bits per heavy atom. The van der Waals surface area contributed by atoms with Crippen molar-refractivity contribution in [3.8, 4) is 0 Å². The molecule has 2 aromatic heterocycles. The number of thioether (sulfide) groups is 1. The van der Waals surface area contributed by atoms with E-state index in [1.54, 1.807) is 18.0 Å². The van der Waals surface area contributed by atoms with Crippen LogP contribution in [0.15, 0.2) is 46.3 Å². The molecule has 22 heavy (non-hydrogen) atoms. The zero-order chi connectivity index (χ0) is 15.2. The molecule has 3 aromatic rings. The highest BCUT2D eigenvalue weighted by Gasteiger charge is 2.11. The molecule has 0 fully saturated rings. The van der Waals surface area contributed by atoms with Crippen LogP contribution in [0.2, 0.25) is 0 Å². The molecule has 0 saturated carbocycles. The molecular weight excluding hydrogens is 294 g/mol. The van der Waals surface area contributed by atoms with E-state index >= 15 is 0 Å². The number of nitrogens with zero attached hydrogens (tertiary/aromatic N) is 3. The lowest BCUT2D eigenvalue weighted by molar-refractivity contribution is 0.414. The highest BCUT2D eigenvalue weighted by molar-refractivity contribution is 7.98. The van der Waals surface area contributed by atoms with Crippen molar-refractivity contribution >= 4 is 22.8 Å². The zero-order valence-corrected chi connectivity index (χ0v) is 13.7. The van der Waals surface area contributed by atoms with Crippen molar-refractivity contribution in [3.63, 3.8) is 0 Å². The van der Waals surface area contributed by atoms with E-state index < -0.39 is 0 Å². The van der Waals surface area contributed by atoms with Gasteiger partial charge >= 0.3 is 0 Å². The average molecular weight is 315 g/mol. The normalized spacial score (nSPS) is 11.3. The van der Waals surface area contributed by atoms with Gasteiger partial charge in [0.1, 0.15) is 6.26 Å². The summed E-state index contributed by atoms with van der Waals surface area (Å²) in [5.74, 6) is 0.786. The van der Waals surface area contributed by atoms with E-state index in [0.717, 1.165) is 28.7 Å². The SMILES string of the molecule is CCCCCCn1c(SCc2ccon2)nc2ccccc21. The molecule has 0 aliphatic rings. The second-order valence-electron chi connectivity index (χ2n) is 5.37. The molecule has 2 heterocycles. The van der Waals surface area contributed by atoms with Gasteiger partial charge in [-0.3, -0.25) is 0 Å². The summed E-state index contributed by atoms with van der Waals surface area (Å²) in [5, 5.41) is 5.04. The molecule has 0 atom stereocenters. The van der Waals surface area contributed by atoms with Crippen LogP contribution in [-0.4, -0.2) is 14.7 Å². The number of aryl methyl sites for hydroxylation is 1. The maximum absolute atomic E-state index is 4.89. The summed E-state index contributed by atoms with van der Waals surface area (Å²) in [6, 6.07) is 10.3. The molecule has 0 bridgehead atoms. The van der Waals surface area contributed by atoms with Crippen molar-refractivity contribution < 1.29 is 4.52 Å². The number of rotatable bonds is 8. The summed E-state index contributed by atoms with van der Waals surface area (Å²) in [4.78, 5) is 4.78. The predicted octanol–water partition coefficient (Wildman–Crippen LogP) is 4.90. The predicted molar refractivity (Wildman–Crippen MR) is 89.9 cm³/mol. The summed E-state index contributed by atoms with van der Waals surface area (Å²) in [5.41, 5.74) is 3.25. The molecule has 0 aliphatic carbocycles. The number of para-hydroxylation sites is 2. The first kappa shape index (κ1) is 15.2. The maximum Gasteiger partial charge on any atom is 0.169 e. The first-order valence-electron chi connectivity index (χ1n) is 7.86. The van der Waals surface area contributed by atoms with Crippen molar-refractivity contribution in [2.75, 3.05) is 0 Å². The fourth-order valence-electron chi connectivity index (χ4n) is 2.53. The van der Waals surface area contributed by atoms with Crippen LogP contribution in [0.25, 0.3) is 11.0 Å². The van der Waals surface area contributed by atoms with Gasteiger partial charge in [0.05, 0.1) is 16.7 Å². The maximum atomic E-state index is 4.89. The fraction of sp³-hybridized carbons (Fsp3) is 0.412. The Hall–Kier alpha value is -1.75. The third kappa shape index (κ3) is 3.53. The largest absolute Gasteiger partial charge is 0.364 e. The minimum atomic E-state index is 0.786. The fourth-order valence-corrected chi connectivity index (χ4v) is 3.46. The summed E-state index contributed by atoms with van der Waals surface area (Å²) in [7, 11) is 0. The molecule has 0 amide bonds. The van der Waals surface area contributed by atoms with Crippen molar-refractivity contribution in [2.24, 2.45) is 0 Å². The van der Waals surface area contributed by atoms with Crippen LogP contribution in [0, 0.1) is 0 Å². The van der Waals surface area contributed by atoms with Crippen LogP contribution in [0.4, 0.5) is 0 Å². The van der Waals surface area contributed by atoms with Crippen molar-refractivity contribution in [1.82, 2.24) is 14.7 Å². The molecule has 5 heteroatoms. The lowest BCUT2D eigenvalue weighted by Gasteiger charge is -2.08. The minimum Gasteiger partial charge on any atom is -0.364 e. The number of fused-ring (bicyclic) bond motifs is 1. The van der Waals surface area contributed by atoms with Crippen LogP contribution in [0.3, 0.4) is 0 Å². The van der Waals surface area contributed by atoms with E-state index in [-0.39, 0.29) is 0 Å². The molecular formula is C17H21N3OS. The molecule has 0 saturated heterocycles. The van der Waals surface area contributed by atoms with Gasteiger partial charge in [0.25, 0.3) is 0 Å². The molecule has 0 radical (unpaired) electrons. The number of hydrogen-bond acceptors (Lipinski definition) is 4. The van der Waals surface area contributed by atoms with Crippen LogP contribution in [0.5, 0.6) is 0 Å². The number of hydrogen-bond donors (Lipinski definition) is 0. The third-order valence-corrected chi connectivity index (χ3v) is 4.71. The van der Waals surface area contributed by atoms with E-state index in [4.69, 9.17) is 9.51 Å². The van der Waals surface area contributed by atoms with E-state index in [0.29, 0.717) is 0 Å². The molecule has 0 unspecified atom stereocenters. The van der Waals surface area contributed by atoms with E-state index in [1.807, 2.05) is 12.1 Å². The Kier molecular flexibility index (Phi) is 5.16. The van der Waals surface area contributed by atoms with E-state index in [2.05, 4.69) is 34.8 Å². The van der Waals surface area contributed by atoms with E-state index in [1.165, 1.54) is 31.2 Å². The minimum absolute atomic E-state index is 0.786. The van der Waals surface area contributed by atoms with Gasteiger partial charge in [-0.15, -0.1) is 0 Å². The van der Waals surface area contributed by atoms with Crippen LogP contribution in [0.1, 0.15) is 38.3 Å². The monoisotopic (exact) mass is 315 g/mol. The smallest absolute Gasteiger partial charge is 0.169 e. The first-order valence-corrected chi connectivity index (χ1v) is 8.84. The van der Waals surface area contributed by atoms with Crippen molar-refractivity contribution in [3.05, 3.63) is 42.3 Å². The Morgan fingerprint density at radius 2 is 2.05 bits per heavy atom. The quantitative estimate of drug-likeness (QED) is 0.438. The Bertz CT molecular complexity index is 706. The topological polar surface area (TPSA) is 43.9 Å². The van der Waals surface area contributed by atoms with Gasteiger partial charge in [-0.25, -0.2) is 4.98 Å². The summed E-state index contributed by atoms with van der Waals surface area (Å²) < 4.78 is 7.24. The van der Waals surface area contributed by atoms with Gasteiger partial charge < -0.3 is 9.09 Å². The molecule has 0 N–H and O–H groups in total. The first-order chi connectivity index (χ1) is 10.9. The highest BCUT2D eigenvalue weighted by Crippen LogP contribution is 2.27. The van der Waals surface area contributed by atoms with Gasteiger partial charge in [-0.1, -0.05) is 55.2 Å². The number of imidazole rings is 1. The van der Waals surface area contributed by atoms with Gasteiger partial charge in [0.15, 0.2) is 5.16 Å². The van der Waals surface area contributed by atoms with Gasteiger partial charge in [0.2, 0.25) is 0 Å². The van der Waals surface area contributed by atoms with Crippen molar-refractivity contribution in [1.29, 1.82) is 0 Å². The molecule has 4 nitrogen and oxygen atoms in total. The molecule has 116 valence electrons. The van der Waals surface area contributed by atoms with Crippen LogP contribution < -0.4 is 0 Å².